The van der Waals surface area contributed by atoms with Crippen LogP contribution < -0.4 is 15.5 Å². The number of urea groups is 1. The van der Waals surface area contributed by atoms with E-state index in [-0.39, 0.29) is 6.03 Å². The van der Waals surface area contributed by atoms with E-state index in [0.717, 1.165) is 41.9 Å². The molecule has 2 aromatic carbocycles. The molecule has 1 aliphatic heterocycles. The first-order valence-corrected chi connectivity index (χ1v) is 9.43. The monoisotopic (exact) mass is 414 g/mol. The van der Waals surface area contributed by atoms with Crippen LogP contribution in [0.4, 0.5) is 16.2 Å². The zero-order chi connectivity index (χ0) is 18.4. The molecule has 0 aliphatic carbocycles. The van der Waals surface area contributed by atoms with E-state index in [4.69, 9.17) is 0 Å². The molecular formula is C20H23BrN4O. The minimum Gasteiger partial charge on any atom is -0.369 e. The SMILES string of the molecule is CN1CCN(c2ccc(NC(=O)N/C=C/c3ccc(Br)cc3)cc2)CC1. The molecule has 0 saturated carbocycles. The molecule has 1 saturated heterocycles. The molecule has 1 fully saturated rings. The van der Waals surface area contributed by atoms with Crippen LogP contribution in [0.25, 0.3) is 6.08 Å². The molecule has 1 heterocycles. The summed E-state index contributed by atoms with van der Waals surface area (Å²) < 4.78 is 1.03. The van der Waals surface area contributed by atoms with Crippen LogP contribution in [0.5, 0.6) is 0 Å². The summed E-state index contributed by atoms with van der Waals surface area (Å²) in [5.74, 6) is 0. The van der Waals surface area contributed by atoms with Crippen molar-refractivity contribution in [1.29, 1.82) is 0 Å². The van der Waals surface area contributed by atoms with Crippen molar-refractivity contribution in [3.05, 3.63) is 64.8 Å². The van der Waals surface area contributed by atoms with Crippen molar-refractivity contribution in [2.45, 2.75) is 0 Å². The Morgan fingerprint density at radius 1 is 1.00 bits per heavy atom. The first-order valence-electron chi connectivity index (χ1n) is 8.63. The average molecular weight is 415 g/mol. The smallest absolute Gasteiger partial charge is 0.323 e. The Hall–Kier alpha value is -2.31. The van der Waals surface area contributed by atoms with E-state index >= 15 is 0 Å². The van der Waals surface area contributed by atoms with Crippen molar-refractivity contribution in [1.82, 2.24) is 10.2 Å². The number of carbonyl (C=O) groups excluding carboxylic acids is 1. The minimum atomic E-state index is -0.259. The second-order valence-corrected chi connectivity index (χ2v) is 7.24. The van der Waals surface area contributed by atoms with E-state index in [1.165, 1.54) is 5.69 Å². The fraction of sp³-hybridized carbons (Fsp3) is 0.250. The summed E-state index contributed by atoms with van der Waals surface area (Å²) in [7, 11) is 2.15. The molecule has 2 N–H and O–H groups in total. The molecule has 0 aromatic heterocycles. The summed E-state index contributed by atoms with van der Waals surface area (Å²) >= 11 is 3.40. The maximum atomic E-state index is 12.0. The number of hydrogen-bond acceptors (Lipinski definition) is 3. The lowest BCUT2D eigenvalue weighted by Crippen LogP contribution is -2.44. The molecule has 2 aromatic rings. The first-order chi connectivity index (χ1) is 12.6. The van der Waals surface area contributed by atoms with Crippen molar-refractivity contribution >= 4 is 39.4 Å². The molecule has 5 nitrogen and oxygen atoms in total. The van der Waals surface area contributed by atoms with E-state index in [0.29, 0.717) is 0 Å². The van der Waals surface area contributed by atoms with Gasteiger partial charge in [-0.1, -0.05) is 28.1 Å². The Kier molecular flexibility index (Phi) is 6.30. The van der Waals surface area contributed by atoms with Crippen LogP contribution in [-0.4, -0.2) is 44.2 Å². The Labute approximate surface area is 162 Å². The Balaban J connectivity index is 1.49. The van der Waals surface area contributed by atoms with E-state index in [9.17, 15) is 4.79 Å². The summed E-state index contributed by atoms with van der Waals surface area (Å²) in [6.45, 7) is 4.22. The van der Waals surface area contributed by atoms with Gasteiger partial charge in [0.25, 0.3) is 0 Å². The molecule has 0 radical (unpaired) electrons. The Bertz CT molecular complexity index is 750. The molecular weight excluding hydrogens is 392 g/mol. The van der Waals surface area contributed by atoms with Crippen LogP contribution in [0.3, 0.4) is 0 Å². The lowest BCUT2D eigenvalue weighted by atomic mass is 10.2. The van der Waals surface area contributed by atoms with Gasteiger partial charge in [-0.3, -0.25) is 0 Å². The molecule has 1 aliphatic rings. The van der Waals surface area contributed by atoms with Crippen LogP contribution in [0.1, 0.15) is 5.56 Å². The molecule has 0 unspecified atom stereocenters. The van der Waals surface area contributed by atoms with Crippen LogP contribution in [0.15, 0.2) is 59.2 Å². The van der Waals surface area contributed by atoms with Crippen LogP contribution >= 0.6 is 15.9 Å². The normalized spacial score (nSPS) is 15.2. The lowest BCUT2D eigenvalue weighted by molar-refractivity contribution is 0.255. The molecule has 0 bridgehead atoms. The quantitative estimate of drug-likeness (QED) is 0.794. The topological polar surface area (TPSA) is 47.6 Å². The number of halogens is 1. The van der Waals surface area contributed by atoms with Crippen molar-refractivity contribution in [3.8, 4) is 0 Å². The predicted octanol–water partition coefficient (Wildman–Crippen LogP) is 3.99. The summed E-state index contributed by atoms with van der Waals surface area (Å²) in [6, 6.07) is 15.6. The van der Waals surface area contributed by atoms with Gasteiger partial charge in [0.05, 0.1) is 0 Å². The van der Waals surface area contributed by atoms with Gasteiger partial charge in [0.1, 0.15) is 0 Å². The number of nitrogens with zero attached hydrogens (tertiary/aromatic N) is 2. The number of amides is 2. The fourth-order valence-electron chi connectivity index (χ4n) is 2.77. The van der Waals surface area contributed by atoms with E-state index < -0.39 is 0 Å². The van der Waals surface area contributed by atoms with Gasteiger partial charge in [-0.25, -0.2) is 4.79 Å². The molecule has 6 heteroatoms. The number of benzene rings is 2. The van der Waals surface area contributed by atoms with Crippen molar-refractivity contribution in [2.75, 3.05) is 43.4 Å². The third kappa shape index (κ3) is 5.34. The largest absolute Gasteiger partial charge is 0.369 e. The van der Waals surface area contributed by atoms with E-state index in [1.54, 1.807) is 6.20 Å². The number of hydrogen-bond donors (Lipinski definition) is 2. The molecule has 3 rings (SSSR count). The standard InChI is InChI=1S/C20H23BrN4O/c1-24-12-14-25(15-13-24)19-8-6-18(7-9-19)23-20(26)22-11-10-16-2-4-17(21)5-3-16/h2-11H,12-15H2,1H3,(H2,22,23,26)/b11-10+. The summed E-state index contributed by atoms with van der Waals surface area (Å²) in [4.78, 5) is 16.7. The van der Waals surface area contributed by atoms with Gasteiger partial charge in [0.15, 0.2) is 0 Å². The summed E-state index contributed by atoms with van der Waals surface area (Å²) in [5, 5.41) is 5.56. The predicted molar refractivity (Wildman–Crippen MR) is 111 cm³/mol. The fourth-order valence-corrected chi connectivity index (χ4v) is 3.04. The highest BCUT2D eigenvalue weighted by atomic mass is 79.9. The van der Waals surface area contributed by atoms with Crippen molar-refractivity contribution < 1.29 is 4.79 Å². The maximum absolute atomic E-state index is 12.0. The lowest BCUT2D eigenvalue weighted by Gasteiger charge is -2.34. The molecule has 26 heavy (non-hydrogen) atoms. The number of rotatable bonds is 4. The number of nitrogens with one attached hydrogen (secondary N) is 2. The second-order valence-electron chi connectivity index (χ2n) is 6.32. The van der Waals surface area contributed by atoms with Crippen LogP contribution in [0.2, 0.25) is 0 Å². The molecule has 2 amide bonds. The number of likely N-dealkylation sites (N-methyl/N-ethyl adjacent to an activating group) is 1. The van der Waals surface area contributed by atoms with Gasteiger partial charge in [0.2, 0.25) is 0 Å². The van der Waals surface area contributed by atoms with Gasteiger partial charge >= 0.3 is 6.03 Å². The molecule has 136 valence electrons. The zero-order valence-electron chi connectivity index (χ0n) is 14.8. The summed E-state index contributed by atoms with van der Waals surface area (Å²) in [5.41, 5.74) is 2.99. The third-order valence-corrected chi connectivity index (χ3v) is 4.88. The third-order valence-electron chi connectivity index (χ3n) is 4.35. The van der Waals surface area contributed by atoms with Crippen LogP contribution in [0, 0.1) is 0 Å². The molecule has 0 atom stereocenters. The highest BCUT2D eigenvalue weighted by molar-refractivity contribution is 9.10. The maximum Gasteiger partial charge on any atom is 0.323 e. The number of piperazine rings is 1. The van der Waals surface area contributed by atoms with E-state index in [2.05, 4.69) is 55.5 Å². The highest BCUT2D eigenvalue weighted by Crippen LogP contribution is 2.19. The van der Waals surface area contributed by atoms with Crippen LogP contribution in [-0.2, 0) is 0 Å². The van der Waals surface area contributed by atoms with Gasteiger partial charge in [-0.2, -0.15) is 0 Å². The number of anilines is 2. The van der Waals surface area contributed by atoms with Gasteiger partial charge in [0, 0.05) is 48.2 Å². The van der Waals surface area contributed by atoms with Crippen molar-refractivity contribution in [3.63, 3.8) is 0 Å². The van der Waals surface area contributed by atoms with Crippen molar-refractivity contribution in [2.24, 2.45) is 0 Å². The van der Waals surface area contributed by atoms with Gasteiger partial charge in [-0.15, -0.1) is 0 Å². The summed E-state index contributed by atoms with van der Waals surface area (Å²) in [6.07, 6.45) is 3.49. The number of carbonyl (C=O) groups is 1. The first kappa shape index (κ1) is 18.5. The Morgan fingerprint density at radius 3 is 2.31 bits per heavy atom. The van der Waals surface area contributed by atoms with Gasteiger partial charge < -0.3 is 20.4 Å². The Morgan fingerprint density at radius 2 is 1.65 bits per heavy atom. The highest BCUT2D eigenvalue weighted by Gasteiger charge is 2.14. The zero-order valence-corrected chi connectivity index (χ0v) is 16.4. The second kappa shape index (κ2) is 8.87. The van der Waals surface area contributed by atoms with Gasteiger partial charge in [-0.05, 0) is 55.1 Å². The molecule has 0 spiro atoms. The average Bonchev–Trinajstić information content (AvgIpc) is 2.65. The minimum absolute atomic E-state index is 0.259. The van der Waals surface area contributed by atoms with E-state index in [1.807, 2.05) is 42.5 Å².